The fourth-order valence-corrected chi connectivity index (χ4v) is 5.04. The van der Waals surface area contributed by atoms with Crippen molar-refractivity contribution in [1.29, 1.82) is 0 Å². The molecule has 1 aromatic heterocycles. The molecule has 2 saturated carbocycles. The number of pyridine rings is 1. The van der Waals surface area contributed by atoms with Gasteiger partial charge in [-0.3, -0.25) is 9.69 Å². The maximum absolute atomic E-state index is 12.7. The summed E-state index contributed by atoms with van der Waals surface area (Å²) in [5.41, 5.74) is 8.20. The van der Waals surface area contributed by atoms with Crippen LogP contribution in [0.1, 0.15) is 41.6 Å². The highest BCUT2D eigenvalue weighted by Crippen LogP contribution is 2.56. The summed E-state index contributed by atoms with van der Waals surface area (Å²) in [6, 6.07) is 11.6. The lowest BCUT2D eigenvalue weighted by molar-refractivity contribution is -0.0842. The third-order valence-corrected chi connectivity index (χ3v) is 6.46. The van der Waals surface area contributed by atoms with E-state index in [1.807, 2.05) is 23.1 Å². The lowest BCUT2D eigenvalue weighted by Gasteiger charge is -2.57. The maximum atomic E-state index is 12.7. The molecule has 0 radical (unpaired) electrons. The number of fused-ring (bicyclic) bond motifs is 1. The second-order valence-corrected chi connectivity index (χ2v) is 8.45. The number of hydrogen-bond donors (Lipinski definition) is 2. The molecule has 3 aliphatic rings. The number of rotatable bonds is 4. The number of aromatic nitrogens is 1. The maximum Gasteiger partial charge on any atom is 0.322 e. The summed E-state index contributed by atoms with van der Waals surface area (Å²) in [5, 5.41) is 3.18. The molecule has 7 nitrogen and oxygen atoms in total. The van der Waals surface area contributed by atoms with E-state index >= 15 is 0 Å². The molecule has 0 bridgehead atoms. The van der Waals surface area contributed by atoms with Gasteiger partial charge in [0.25, 0.3) is 5.91 Å². The Bertz CT molecular complexity index is 962. The molecule has 2 fully saturated rings. The minimum Gasteiger partial charge on any atom is -0.474 e. The van der Waals surface area contributed by atoms with Crippen LogP contribution < -0.4 is 20.7 Å². The van der Waals surface area contributed by atoms with Crippen LogP contribution in [-0.2, 0) is 6.42 Å². The first kappa shape index (κ1) is 18.0. The molecule has 1 aliphatic heterocycles. The highest BCUT2D eigenvalue weighted by atomic mass is 16.5. The van der Waals surface area contributed by atoms with E-state index in [1.54, 1.807) is 18.3 Å². The van der Waals surface area contributed by atoms with Crippen LogP contribution in [0.5, 0.6) is 5.88 Å². The predicted molar refractivity (Wildman–Crippen MR) is 108 cm³/mol. The van der Waals surface area contributed by atoms with E-state index in [9.17, 15) is 9.59 Å². The van der Waals surface area contributed by atoms with Crippen LogP contribution in [0.3, 0.4) is 0 Å². The van der Waals surface area contributed by atoms with Crippen molar-refractivity contribution < 1.29 is 14.3 Å². The van der Waals surface area contributed by atoms with Crippen LogP contribution in [0.2, 0.25) is 0 Å². The second kappa shape index (κ2) is 6.76. The molecule has 2 heterocycles. The number of nitrogens with one attached hydrogen (secondary N) is 1. The zero-order chi connectivity index (χ0) is 20.0. The molecule has 150 valence electrons. The minimum absolute atomic E-state index is 0.00140. The van der Waals surface area contributed by atoms with Crippen LogP contribution in [0.4, 0.5) is 10.5 Å². The quantitative estimate of drug-likeness (QED) is 0.836. The van der Waals surface area contributed by atoms with Gasteiger partial charge in [-0.2, -0.15) is 0 Å². The van der Waals surface area contributed by atoms with Gasteiger partial charge in [0.2, 0.25) is 5.88 Å². The molecule has 1 spiro atoms. The Balaban J connectivity index is 1.12. The Morgan fingerprint density at radius 1 is 1.14 bits per heavy atom. The summed E-state index contributed by atoms with van der Waals surface area (Å²) in [6.45, 7) is 0.741. The normalized spacial score (nSPS) is 27.0. The summed E-state index contributed by atoms with van der Waals surface area (Å²) < 4.78 is 5.90. The van der Waals surface area contributed by atoms with Gasteiger partial charge in [-0.25, -0.2) is 9.78 Å². The number of hydrogen-bond acceptors (Lipinski definition) is 4. The number of amides is 3. The number of benzene rings is 1. The van der Waals surface area contributed by atoms with Crippen LogP contribution in [0.25, 0.3) is 0 Å². The standard InChI is InChI=1S/C22H24N4O3/c23-19(27)17-5-3-8-24-20(17)29-16-12-22(13-16)10-15(11-22)25-21(28)26-9-7-14-4-1-2-6-18(14)26/h1-6,8,15-16H,7,9-13H2,(H2,23,27)(H,25,28). The molecule has 2 aliphatic carbocycles. The van der Waals surface area contributed by atoms with E-state index in [2.05, 4.69) is 16.4 Å². The Morgan fingerprint density at radius 2 is 1.93 bits per heavy atom. The predicted octanol–water partition coefficient (Wildman–Crippen LogP) is 2.64. The molecule has 3 N–H and O–H groups in total. The van der Waals surface area contributed by atoms with Crippen molar-refractivity contribution in [2.24, 2.45) is 11.1 Å². The Kier molecular flexibility index (Phi) is 4.19. The first-order chi connectivity index (χ1) is 14.0. The van der Waals surface area contributed by atoms with Gasteiger partial charge in [0.1, 0.15) is 11.7 Å². The third-order valence-electron chi connectivity index (χ3n) is 6.46. The topological polar surface area (TPSA) is 97.5 Å². The van der Waals surface area contributed by atoms with E-state index < -0.39 is 5.91 Å². The fourth-order valence-electron chi connectivity index (χ4n) is 5.04. The molecule has 0 atom stereocenters. The number of para-hydroxylation sites is 1. The first-order valence-corrected chi connectivity index (χ1v) is 10.1. The summed E-state index contributed by atoms with van der Waals surface area (Å²) in [6.07, 6.45) is 6.34. The smallest absolute Gasteiger partial charge is 0.322 e. The van der Waals surface area contributed by atoms with Gasteiger partial charge in [-0.15, -0.1) is 0 Å². The summed E-state index contributed by atoms with van der Waals surface area (Å²) >= 11 is 0. The Morgan fingerprint density at radius 3 is 2.72 bits per heavy atom. The van der Waals surface area contributed by atoms with Gasteiger partial charge in [-0.1, -0.05) is 18.2 Å². The van der Waals surface area contributed by atoms with Crippen molar-refractivity contribution in [3.05, 3.63) is 53.7 Å². The zero-order valence-corrected chi connectivity index (χ0v) is 16.1. The first-order valence-electron chi connectivity index (χ1n) is 10.1. The molecule has 0 unspecified atom stereocenters. The Hall–Kier alpha value is -3.09. The van der Waals surface area contributed by atoms with E-state index in [0.29, 0.717) is 11.4 Å². The van der Waals surface area contributed by atoms with E-state index in [0.717, 1.165) is 44.3 Å². The molecule has 1 aromatic carbocycles. The number of nitrogens with two attached hydrogens (primary N) is 1. The fraction of sp³-hybridized carbons (Fsp3) is 0.409. The molecular formula is C22H24N4O3. The minimum atomic E-state index is -0.531. The number of nitrogens with zero attached hydrogens (tertiary/aromatic N) is 2. The van der Waals surface area contributed by atoms with Crippen molar-refractivity contribution in [3.63, 3.8) is 0 Å². The van der Waals surface area contributed by atoms with Gasteiger partial charge in [0, 0.05) is 24.5 Å². The number of carbonyl (C=O) groups excluding carboxylic acids is 2. The van der Waals surface area contributed by atoms with Gasteiger partial charge in [-0.05, 0) is 61.3 Å². The monoisotopic (exact) mass is 392 g/mol. The van der Waals surface area contributed by atoms with Crippen LogP contribution >= 0.6 is 0 Å². The van der Waals surface area contributed by atoms with E-state index in [4.69, 9.17) is 10.5 Å². The van der Waals surface area contributed by atoms with Crippen LogP contribution in [0.15, 0.2) is 42.6 Å². The number of urea groups is 1. The molecule has 2 aromatic rings. The molecule has 7 heteroatoms. The van der Waals surface area contributed by atoms with Crippen molar-refractivity contribution in [2.45, 2.75) is 44.2 Å². The Labute approximate surface area is 169 Å². The molecule has 3 amide bonds. The van der Waals surface area contributed by atoms with Crippen molar-refractivity contribution in [1.82, 2.24) is 10.3 Å². The largest absolute Gasteiger partial charge is 0.474 e. The second-order valence-electron chi connectivity index (χ2n) is 8.45. The van der Waals surface area contributed by atoms with Crippen LogP contribution in [-0.4, -0.2) is 35.6 Å². The highest BCUT2D eigenvalue weighted by molar-refractivity contribution is 5.95. The number of ether oxygens (including phenoxy) is 1. The number of anilines is 1. The van der Waals surface area contributed by atoms with Gasteiger partial charge in [0.15, 0.2) is 0 Å². The molecule has 5 rings (SSSR count). The van der Waals surface area contributed by atoms with E-state index in [1.165, 1.54) is 5.56 Å². The van der Waals surface area contributed by atoms with Gasteiger partial charge >= 0.3 is 6.03 Å². The summed E-state index contributed by atoms with van der Waals surface area (Å²) in [7, 11) is 0. The average Bonchev–Trinajstić information content (AvgIpc) is 3.09. The zero-order valence-electron chi connectivity index (χ0n) is 16.1. The van der Waals surface area contributed by atoms with Gasteiger partial charge in [0.05, 0.1) is 0 Å². The lowest BCUT2D eigenvalue weighted by atomic mass is 9.53. The van der Waals surface area contributed by atoms with Gasteiger partial charge < -0.3 is 15.8 Å². The summed E-state index contributed by atoms with van der Waals surface area (Å²) in [4.78, 5) is 30.2. The molecule has 29 heavy (non-hydrogen) atoms. The summed E-state index contributed by atoms with van der Waals surface area (Å²) in [5.74, 6) is -0.214. The van der Waals surface area contributed by atoms with Crippen LogP contribution in [0, 0.1) is 5.41 Å². The molecule has 0 saturated heterocycles. The highest BCUT2D eigenvalue weighted by Gasteiger charge is 2.54. The number of carbonyl (C=O) groups is 2. The SMILES string of the molecule is NC(=O)c1cccnc1OC1CC2(CC(NC(=O)N3CCc4ccccc43)C2)C1. The van der Waals surface area contributed by atoms with Crippen molar-refractivity contribution in [3.8, 4) is 5.88 Å². The molecular weight excluding hydrogens is 368 g/mol. The number of primary amides is 1. The van der Waals surface area contributed by atoms with E-state index in [-0.39, 0.29) is 23.6 Å². The lowest BCUT2D eigenvalue weighted by Crippen LogP contribution is -2.60. The van der Waals surface area contributed by atoms with Crippen molar-refractivity contribution in [2.75, 3.05) is 11.4 Å². The third kappa shape index (κ3) is 3.20. The average molecular weight is 392 g/mol. The van der Waals surface area contributed by atoms with Crippen molar-refractivity contribution >= 4 is 17.6 Å².